The second-order valence-corrected chi connectivity index (χ2v) is 4.30. The van der Waals surface area contributed by atoms with Crippen molar-refractivity contribution >= 4 is 11.6 Å². The van der Waals surface area contributed by atoms with Gasteiger partial charge in [0.15, 0.2) is 5.69 Å². The van der Waals surface area contributed by atoms with Crippen molar-refractivity contribution in [2.24, 2.45) is 0 Å². The summed E-state index contributed by atoms with van der Waals surface area (Å²) in [4.78, 5) is 18.8. The first-order valence-corrected chi connectivity index (χ1v) is 5.91. The molecule has 6 nitrogen and oxygen atoms in total. The zero-order valence-corrected chi connectivity index (χ0v) is 11.3. The number of anilines is 1. The van der Waals surface area contributed by atoms with E-state index in [9.17, 15) is 14.5 Å². The van der Waals surface area contributed by atoms with Gasteiger partial charge in [-0.15, -0.1) is 0 Å². The molecule has 1 aromatic heterocycles. The van der Waals surface area contributed by atoms with Crippen LogP contribution in [0.5, 0.6) is 0 Å². The predicted molar refractivity (Wildman–Crippen MR) is 73.1 cm³/mol. The summed E-state index contributed by atoms with van der Waals surface area (Å²) in [5.74, 6) is -0.214. The van der Waals surface area contributed by atoms with Gasteiger partial charge in [0.25, 0.3) is 0 Å². The number of nitrogens with zero attached hydrogens (tertiary/aromatic N) is 3. The van der Waals surface area contributed by atoms with Gasteiger partial charge in [-0.2, -0.15) is 0 Å². The molecule has 0 saturated heterocycles. The predicted octanol–water partition coefficient (Wildman–Crippen LogP) is 2.85. The molecule has 0 aliphatic carbocycles. The summed E-state index contributed by atoms with van der Waals surface area (Å²) >= 11 is 0. The number of nitrogens with one attached hydrogen (secondary N) is 1. The fourth-order valence-electron chi connectivity index (χ4n) is 1.93. The Hall–Kier alpha value is -2.57. The van der Waals surface area contributed by atoms with Crippen LogP contribution in [-0.2, 0) is 0 Å². The number of hydrogen-bond donors (Lipinski definition) is 1. The normalized spacial score (nSPS) is 10.4. The SMILES string of the molecule is CNc1nc(C)c([N+](=O)[O-])c(-c2cc(F)ccc2C)n1. The average Bonchev–Trinajstić information content (AvgIpc) is 2.40. The fraction of sp³-hybridized carbons (Fsp3) is 0.231. The van der Waals surface area contributed by atoms with Gasteiger partial charge in [0.1, 0.15) is 11.5 Å². The molecule has 2 aromatic rings. The summed E-state index contributed by atoms with van der Waals surface area (Å²) in [6.07, 6.45) is 0. The lowest BCUT2D eigenvalue weighted by molar-refractivity contribution is -0.385. The molecular weight excluding hydrogens is 263 g/mol. The third-order valence-electron chi connectivity index (χ3n) is 2.92. The van der Waals surface area contributed by atoms with E-state index in [1.54, 1.807) is 20.0 Å². The minimum absolute atomic E-state index is 0.115. The molecule has 1 heterocycles. The molecule has 1 N–H and O–H groups in total. The number of benzene rings is 1. The smallest absolute Gasteiger partial charge is 0.316 e. The van der Waals surface area contributed by atoms with Crippen molar-refractivity contribution < 1.29 is 9.31 Å². The van der Waals surface area contributed by atoms with Crippen molar-refractivity contribution in [3.8, 4) is 11.3 Å². The summed E-state index contributed by atoms with van der Waals surface area (Å²) in [5.41, 5.74) is 1.22. The van der Waals surface area contributed by atoms with Crippen molar-refractivity contribution in [2.45, 2.75) is 13.8 Å². The highest BCUT2D eigenvalue weighted by atomic mass is 19.1. The number of hydrogen-bond acceptors (Lipinski definition) is 5. The van der Waals surface area contributed by atoms with Crippen LogP contribution in [0.4, 0.5) is 16.0 Å². The lowest BCUT2D eigenvalue weighted by Crippen LogP contribution is -2.05. The van der Waals surface area contributed by atoms with Gasteiger partial charge in [-0.1, -0.05) is 6.07 Å². The van der Waals surface area contributed by atoms with Crippen molar-refractivity contribution in [3.63, 3.8) is 0 Å². The Morgan fingerprint density at radius 1 is 1.30 bits per heavy atom. The Bertz CT molecular complexity index is 688. The maximum atomic E-state index is 13.4. The van der Waals surface area contributed by atoms with Crippen molar-refractivity contribution in [1.82, 2.24) is 9.97 Å². The first kappa shape index (κ1) is 13.9. The highest BCUT2D eigenvalue weighted by molar-refractivity contribution is 5.74. The second kappa shape index (κ2) is 5.20. The maximum Gasteiger partial charge on any atom is 0.316 e. The molecule has 0 saturated carbocycles. The monoisotopic (exact) mass is 276 g/mol. The molecule has 0 bridgehead atoms. The molecule has 0 atom stereocenters. The quantitative estimate of drug-likeness (QED) is 0.688. The molecule has 0 spiro atoms. The highest BCUT2D eigenvalue weighted by Crippen LogP contribution is 2.33. The van der Waals surface area contributed by atoms with Crippen molar-refractivity contribution in [2.75, 3.05) is 12.4 Å². The average molecular weight is 276 g/mol. The summed E-state index contributed by atoms with van der Waals surface area (Å²) in [7, 11) is 1.61. The van der Waals surface area contributed by atoms with Gasteiger partial charge >= 0.3 is 5.69 Å². The molecule has 0 amide bonds. The van der Waals surface area contributed by atoms with E-state index in [0.29, 0.717) is 11.1 Å². The van der Waals surface area contributed by atoms with Crippen LogP contribution in [0.25, 0.3) is 11.3 Å². The Labute approximate surface area is 114 Å². The van der Waals surface area contributed by atoms with Gasteiger partial charge < -0.3 is 5.32 Å². The molecule has 104 valence electrons. The molecular formula is C13H13FN4O2. The molecule has 20 heavy (non-hydrogen) atoms. The summed E-state index contributed by atoms with van der Waals surface area (Å²) in [5, 5.41) is 14.0. The zero-order valence-electron chi connectivity index (χ0n) is 11.3. The van der Waals surface area contributed by atoms with Gasteiger partial charge in [0.05, 0.1) is 4.92 Å². The Morgan fingerprint density at radius 2 is 2.00 bits per heavy atom. The molecule has 0 radical (unpaired) electrons. The van der Waals surface area contributed by atoms with Crippen LogP contribution in [0.3, 0.4) is 0 Å². The Morgan fingerprint density at radius 3 is 2.60 bits per heavy atom. The molecule has 0 aliphatic heterocycles. The van der Waals surface area contributed by atoms with Gasteiger partial charge in [-0.3, -0.25) is 10.1 Å². The maximum absolute atomic E-state index is 13.4. The van der Waals surface area contributed by atoms with E-state index in [1.165, 1.54) is 19.1 Å². The van der Waals surface area contributed by atoms with Crippen LogP contribution in [0.1, 0.15) is 11.3 Å². The standard InChI is InChI=1S/C13H13FN4O2/c1-7-4-5-9(14)6-10(7)11-12(18(19)20)8(2)16-13(15-3)17-11/h4-6H,1-3H3,(H,15,16,17). The Kier molecular flexibility index (Phi) is 3.60. The topological polar surface area (TPSA) is 81.0 Å². The number of aryl methyl sites for hydroxylation is 2. The van der Waals surface area contributed by atoms with E-state index < -0.39 is 10.7 Å². The number of rotatable bonds is 3. The number of halogens is 1. The molecule has 7 heteroatoms. The van der Waals surface area contributed by atoms with E-state index >= 15 is 0 Å². The van der Waals surface area contributed by atoms with Gasteiger partial charge in [-0.05, 0) is 31.5 Å². The van der Waals surface area contributed by atoms with Crippen LogP contribution < -0.4 is 5.32 Å². The molecule has 0 fully saturated rings. The minimum Gasteiger partial charge on any atom is -0.357 e. The first-order chi connectivity index (χ1) is 9.43. The largest absolute Gasteiger partial charge is 0.357 e. The third kappa shape index (κ3) is 2.42. The molecule has 0 aliphatic rings. The first-order valence-electron chi connectivity index (χ1n) is 5.91. The minimum atomic E-state index is -0.547. The number of aromatic nitrogens is 2. The van der Waals surface area contributed by atoms with Crippen molar-refractivity contribution in [3.05, 3.63) is 45.4 Å². The van der Waals surface area contributed by atoms with Crippen LogP contribution in [-0.4, -0.2) is 21.9 Å². The third-order valence-corrected chi connectivity index (χ3v) is 2.92. The van der Waals surface area contributed by atoms with E-state index in [1.807, 2.05) is 0 Å². The van der Waals surface area contributed by atoms with Crippen molar-refractivity contribution in [1.29, 1.82) is 0 Å². The van der Waals surface area contributed by atoms with Gasteiger partial charge in [0.2, 0.25) is 5.95 Å². The van der Waals surface area contributed by atoms with Gasteiger partial charge in [-0.25, -0.2) is 14.4 Å². The van der Waals surface area contributed by atoms with Gasteiger partial charge in [0, 0.05) is 12.6 Å². The number of nitro groups is 1. The lowest BCUT2D eigenvalue weighted by atomic mass is 10.0. The zero-order chi connectivity index (χ0) is 14.9. The van der Waals surface area contributed by atoms with E-state index in [0.717, 1.165) is 0 Å². The molecule has 0 unspecified atom stereocenters. The fourth-order valence-corrected chi connectivity index (χ4v) is 1.93. The van der Waals surface area contributed by atoms with E-state index in [-0.39, 0.29) is 23.0 Å². The van der Waals surface area contributed by atoms with Crippen LogP contribution in [0, 0.1) is 29.8 Å². The van der Waals surface area contributed by atoms with E-state index in [2.05, 4.69) is 15.3 Å². The van der Waals surface area contributed by atoms with E-state index in [4.69, 9.17) is 0 Å². The summed E-state index contributed by atoms with van der Waals surface area (Å²) in [6, 6.07) is 4.10. The Balaban J connectivity index is 2.80. The summed E-state index contributed by atoms with van der Waals surface area (Å²) in [6.45, 7) is 3.27. The van der Waals surface area contributed by atoms with Crippen LogP contribution in [0.2, 0.25) is 0 Å². The highest BCUT2D eigenvalue weighted by Gasteiger charge is 2.24. The van der Waals surface area contributed by atoms with Crippen LogP contribution >= 0.6 is 0 Å². The lowest BCUT2D eigenvalue weighted by Gasteiger charge is -2.09. The summed E-state index contributed by atoms with van der Waals surface area (Å²) < 4.78 is 13.4. The van der Waals surface area contributed by atoms with Crippen LogP contribution in [0.15, 0.2) is 18.2 Å². The molecule has 2 rings (SSSR count). The molecule has 1 aromatic carbocycles. The second-order valence-electron chi connectivity index (χ2n) is 4.30.